The number of hydrogen-bond acceptors (Lipinski definition) is 2. The van der Waals surface area contributed by atoms with E-state index in [4.69, 9.17) is 16.0 Å². The molecule has 2 aromatic rings. The number of furan rings is 1. The second kappa shape index (κ2) is 6.78. The van der Waals surface area contributed by atoms with Gasteiger partial charge in [0.25, 0.3) is 0 Å². The lowest BCUT2D eigenvalue weighted by Gasteiger charge is -2.10. The minimum atomic E-state index is 0.429. The predicted octanol–water partition coefficient (Wildman–Crippen LogP) is 4.53. The highest BCUT2D eigenvalue weighted by molar-refractivity contribution is 6.30. The van der Waals surface area contributed by atoms with Crippen LogP contribution in [0.5, 0.6) is 0 Å². The van der Waals surface area contributed by atoms with Crippen molar-refractivity contribution in [3.63, 3.8) is 0 Å². The van der Waals surface area contributed by atoms with Crippen LogP contribution >= 0.6 is 11.6 Å². The lowest BCUT2D eigenvalue weighted by molar-refractivity contribution is 0.464. The van der Waals surface area contributed by atoms with Crippen LogP contribution in [0.25, 0.3) is 11.3 Å². The second-order valence-electron chi connectivity index (χ2n) is 4.84. The summed E-state index contributed by atoms with van der Waals surface area (Å²) in [4.78, 5) is 0. The van der Waals surface area contributed by atoms with Crippen molar-refractivity contribution in [1.29, 1.82) is 0 Å². The van der Waals surface area contributed by atoms with Crippen molar-refractivity contribution in [1.82, 2.24) is 5.32 Å². The number of hydrogen-bond donors (Lipinski definition) is 1. The number of nitrogens with one attached hydrogen (secondary N) is 1. The first-order valence-corrected chi connectivity index (χ1v) is 7.15. The monoisotopic (exact) mass is 277 g/mol. The van der Waals surface area contributed by atoms with E-state index in [1.807, 2.05) is 36.4 Å². The first kappa shape index (κ1) is 14.2. The van der Waals surface area contributed by atoms with Gasteiger partial charge in [-0.1, -0.05) is 30.7 Å². The van der Waals surface area contributed by atoms with Crippen molar-refractivity contribution in [3.05, 3.63) is 47.2 Å². The van der Waals surface area contributed by atoms with Crippen LogP contribution in [-0.4, -0.2) is 12.6 Å². The van der Waals surface area contributed by atoms with Crippen LogP contribution in [0.4, 0.5) is 0 Å². The lowest BCUT2D eigenvalue weighted by Crippen LogP contribution is -2.28. The van der Waals surface area contributed by atoms with Crippen LogP contribution < -0.4 is 5.32 Å². The molecule has 1 N–H and O–H groups in total. The molecule has 102 valence electrons. The fourth-order valence-corrected chi connectivity index (χ4v) is 2.24. The molecule has 0 aliphatic heterocycles. The first-order valence-electron chi connectivity index (χ1n) is 6.77. The molecule has 1 atom stereocenters. The minimum Gasteiger partial charge on any atom is -0.461 e. The van der Waals surface area contributed by atoms with Crippen LogP contribution in [0.2, 0.25) is 5.02 Å². The van der Waals surface area contributed by atoms with Crippen LogP contribution in [0.15, 0.2) is 40.8 Å². The van der Waals surface area contributed by atoms with Crippen LogP contribution in [0.3, 0.4) is 0 Å². The lowest BCUT2D eigenvalue weighted by atomic mass is 10.2. The van der Waals surface area contributed by atoms with Crippen molar-refractivity contribution in [2.24, 2.45) is 0 Å². The Kier molecular flexibility index (Phi) is 5.06. The fraction of sp³-hybridized carbons (Fsp3) is 0.375. The van der Waals surface area contributed by atoms with Crippen LogP contribution in [-0.2, 0) is 6.42 Å². The van der Waals surface area contributed by atoms with Gasteiger partial charge in [-0.25, -0.2) is 0 Å². The zero-order valence-electron chi connectivity index (χ0n) is 11.4. The summed E-state index contributed by atoms with van der Waals surface area (Å²) >= 11 is 5.99. The molecule has 0 fully saturated rings. The molecule has 1 unspecified atom stereocenters. The Hall–Kier alpha value is -1.25. The first-order chi connectivity index (χ1) is 9.19. The molecule has 0 spiro atoms. The largest absolute Gasteiger partial charge is 0.461 e. The van der Waals surface area contributed by atoms with Gasteiger partial charge in [0.2, 0.25) is 0 Å². The summed E-state index contributed by atoms with van der Waals surface area (Å²) in [6.45, 7) is 5.39. The number of halogens is 1. The molecule has 2 nitrogen and oxygen atoms in total. The van der Waals surface area contributed by atoms with E-state index >= 15 is 0 Å². The van der Waals surface area contributed by atoms with Gasteiger partial charge in [-0.05, 0) is 44.2 Å². The molecule has 2 rings (SSSR count). The van der Waals surface area contributed by atoms with E-state index in [9.17, 15) is 0 Å². The van der Waals surface area contributed by atoms with Crippen LogP contribution in [0.1, 0.15) is 26.0 Å². The maximum atomic E-state index is 5.99. The van der Waals surface area contributed by atoms with Gasteiger partial charge < -0.3 is 9.73 Å². The zero-order chi connectivity index (χ0) is 13.7. The van der Waals surface area contributed by atoms with E-state index < -0.39 is 0 Å². The fourth-order valence-electron chi connectivity index (χ4n) is 2.05. The van der Waals surface area contributed by atoms with Gasteiger partial charge in [-0.3, -0.25) is 0 Å². The smallest absolute Gasteiger partial charge is 0.134 e. The average molecular weight is 278 g/mol. The molecule has 19 heavy (non-hydrogen) atoms. The average Bonchev–Trinajstić information content (AvgIpc) is 2.85. The molecule has 0 radical (unpaired) electrons. The normalized spacial score (nSPS) is 12.6. The maximum absolute atomic E-state index is 5.99. The summed E-state index contributed by atoms with van der Waals surface area (Å²) in [5, 5.41) is 4.19. The van der Waals surface area contributed by atoms with Gasteiger partial charge in [0.15, 0.2) is 0 Å². The third kappa shape index (κ3) is 4.12. The standard InChI is InChI=1S/C16H20ClNO/c1-3-9-18-12(2)10-15-7-8-16(19-15)13-5-4-6-14(17)11-13/h4-8,11-12,18H,3,9-10H2,1-2H3. The van der Waals surface area contributed by atoms with E-state index in [-0.39, 0.29) is 0 Å². The molecule has 1 heterocycles. The molecular weight excluding hydrogens is 258 g/mol. The SMILES string of the molecule is CCCNC(C)Cc1ccc(-c2cccc(Cl)c2)o1. The summed E-state index contributed by atoms with van der Waals surface area (Å²) in [5.74, 6) is 1.88. The molecule has 0 aliphatic carbocycles. The predicted molar refractivity (Wildman–Crippen MR) is 80.6 cm³/mol. The molecule has 0 saturated heterocycles. The van der Waals surface area contributed by atoms with Gasteiger partial charge >= 0.3 is 0 Å². The molecule has 1 aromatic heterocycles. The molecule has 0 bridgehead atoms. The van der Waals surface area contributed by atoms with Gasteiger partial charge in [0, 0.05) is 23.0 Å². The maximum Gasteiger partial charge on any atom is 0.134 e. The summed E-state index contributed by atoms with van der Waals surface area (Å²) < 4.78 is 5.88. The Morgan fingerprint density at radius 1 is 1.26 bits per heavy atom. The molecule has 0 amide bonds. The van der Waals surface area contributed by atoms with Gasteiger partial charge in [0.1, 0.15) is 11.5 Å². The Morgan fingerprint density at radius 3 is 2.84 bits per heavy atom. The minimum absolute atomic E-state index is 0.429. The second-order valence-corrected chi connectivity index (χ2v) is 5.27. The Morgan fingerprint density at radius 2 is 2.11 bits per heavy atom. The summed E-state index contributed by atoms with van der Waals surface area (Å²) in [5.41, 5.74) is 1.02. The van der Waals surface area contributed by atoms with E-state index in [1.54, 1.807) is 0 Å². The molecule has 3 heteroatoms. The van der Waals surface area contributed by atoms with E-state index in [2.05, 4.69) is 19.2 Å². The van der Waals surface area contributed by atoms with Crippen molar-refractivity contribution in [2.75, 3.05) is 6.54 Å². The van der Waals surface area contributed by atoms with Crippen molar-refractivity contribution < 1.29 is 4.42 Å². The Labute approximate surface area is 119 Å². The topological polar surface area (TPSA) is 25.2 Å². The molecule has 1 aromatic carbocycles. The third-order valence-electron chi connectivity index (χ3n) is 3.02. The van der Waals surface area contributed by atoms with Gasteiger partial charge in [-0.2, -0.15) is 0 Å². The highest BCUT2D eigenvalue weighted by Crippen LogP contribution is 2.25. The van der Waals surface area contributed by atoms with Gasteiger partial charge in [-0.15, -0.1) is 0 Å². The van der Waals surface area contributed by atoms with E-state index in [0.717, 1.165) is 41.5 Å². The highest BCUT2D eigenvalue weighted by Gasteiger charge is 2.08. The van der Waals surface area contributed by atoms with Gasteiger partial charge in [0.05, 0.1) is 0 Å². The Bertz CT molecular complexity index is 521. The van der Waals surface area contributed by atoms with Crippen LogP contribution in [0, 0.1) is 0 Å². The Balaban J connectivity index is 2.03. The molecule has 0 saturated carbocycles. The van der Waals surface area contributed by atoms with E-state index in [1.165, 1.54) is 0 Å². The quantitative estimate of drug-likeness (QED) is 0.839. The zero-order valence-corrected chi connectivity index (χ0v) is 12.2. The molecule has 0 aliphatic rings. The summed E-state index contributed by atoms with van der Waals surface area (Å²) in [6.07, 6.45) is 2.05. The highest BCUT2D eigenvalue weighted by atomic mass is 35.5. The van der Waals surface area contributed by atoms with Crippen molar-refractivity contribution in [2.45, 2.75) is 32.7 Å². The summed E-state index contributed by atoms with van der Waals surface area (Å²) in [7, 11) is 0. The number of benzene rings is 1. The van der Waals surface area contributed by atoms with E-state index in [0.29, 0.717) is 6.04 Å². The third-order valence-corrected chi connectivity index (χ3v) is 3.26. The molecular formula is C16H20ClNO. The van der Waals surface area contributed by atoms with Crippen molar-refractivity contribution in [3.8, 4) is 11.3 Å². The van der Waals surface area contributed by atoms with Crippen molar-refractivity contribution >= 4 is 11.6 Å². The number of rotatable bonds is 6. The summed E-state index contributed by atoms with van der Waals surface area (Å²) in [6, 6.07) is 12.2.